The van der Waals surface area contributed by atoms with Gasteiger partial charge in [-0.15, -0.1) is 0 Å². The monoisotopic (exact) mass is 217 g/mol. The molecule has 2 N–H and O–H groups in total. The van der Waals surface area contributed by atoms with Crippen LogP contribution >= 0.6 is 0 Å². The third-order valence-corrected chi connectivity index (χ3v) is 2.69. The second kappa shape index (κ2) is 3.96. The molecular weight excluding hydrogens is 202 g/mol. The highest BCUT2D eigenvalue weighted by Gasteiger charge is 2.22. The Balaban J connectivity index is 2.18. The molecule has 4 nitrogen and oxygen atoms in total. The predicted octanol–water partition coefficient (Wildman–Crippen LogP) is 1.31. The zero-order valence-corrected chi connectivity index (χ0v) is 9.53. The summed E-state index contributed by atoms with van der Waals surface area (Å²) in [4.78, 5) is 11.5. The molecule has 4 heteroatoms. The Morgan fingerprint density at radius 2 is 2.19 bits per heavy atom. The van der Waals surface area contributed by atoms with Gasteiger partial charge >= 0.3 is 0 Å². The largest absolute Gasteiger partial charge is 0.385 e. The molecule has 0 saturated heterocycles. The molecule has 0 unspecified atom stereocenters. The fraction of sp³-hybridized carbons (Fsp3) is 0.333. The first-order chi connectivity index (χ1) is 7.56. The van der Waals surface area contributed by atoms with Crippen LogP contribution in [-0.2, 0) is 11.3 Å². The number of amidine groups is 1. The molecule has 0 saturated carbocycles. The van der Waals surface area contributed by atoms with Crippen molar-refractivity contribution in [3.8, 4) is 0 Å². The molecule has 1 aromatic rings. The summed E-state index contributed by atoms with van der Waals surface area (Å²) in [5.41, 5.74) is 9.02. The van der Waals surface area contributed by atoms with E-state index in [4.69, 9.17) is 5.73 Å². The van der Waals surface area contributed by atoms with Crippen LogP contribution < -0.4 is 5.73 Å². The van der Waals surface area contributed by atoms with Crippen LogP contribution in [-0.4, -0.2) is 16.8 Å². The van der Waals surface area contributed by atoms with Crippen LogP contribution in [0.2, 0.25) is 0 Å². The lowest BCUT2D eigenvalue weighted by Gasteiger charge is -2.13. The predicted molar refractivity (Wildman–Crippen MR) is 62.7 cm³/mol. The van der Waals surface area contributed by atoms with E-state index in [9.17, 15) is 4.79 Å². The van der Waals surface area contributed by atoms with Gasteiger partial charge in [-0.1, -0.05) is 23.8 Å². The molecule has 84 valence electrons. The van der Waals surface area contributed by atoms with Crippen molar-refractivity contribution in [2.24, 2.45) is 10.8 Å². The fourth-order valence-electron chi connectivity index (χ4n) is 1.80. The van der Waals surface area contributed by atoms with Crippen LogP contribution in [0.1, 0.15) is 23.1 Å². The number of nitrogens with two attached hydrogens (primary N) is 1. The Morgan fingerprint density at radius 3 is 2.75 bits per heavy atom. The van der Waals surface area contributed by atoms with Crippen molar-refractivity contribution in [3.63, 3.8) is 0 Å². The maximum absolute atomic E-state index is 11.5. The number of aryl methyl sites for hydroxylation is 2. The van der Waals surface area contributed by atoms with Gasteiger partial charge < -0.3 is 5.73 Å². The summed E-state index contributed by atoms with van der Waals surface area (Å²) in [5, 5.41) is 5.44. The number of hydrazone groups is 1. The van der Waals surface area contributed by atoms with Gasteiger partial charge in [0.1, 0.15) is 5.84 Å². The number of amides is 1. The molecule has 0 aliphatic carbocycles. The van der Waals surface area contributed by atoms with Crippen molar-refractivity contribution in [1.82, 2.24) is 5.01 Å². The molecule has 0 spiro atoms. The molecule has 0 bridgehead atoms. The minimum atomic E-state index is -0.0301. The lowest BCUT2D eigenvalue weighted by molar-refractivity contribution is -0.129. The van der Waals surface area contributed by atoms with Gasteiger partial charge in [0.2, 0.25) is 0 Å². The van der Waals surface area contributed by atoms with Gasteiger partial charge in [0.05, 0.1) is 13.0 Å². The topological polar surface area (TPSA) is 58.7 Å². The molecule has 0 fully saturated rings. The summed E-state index contributed by atoms with van der Waals surface area (Å²) in [5.74, 6) is 0.368. The summed E-state index contributed by atoms with van der Waals surface area (Å²) >= 11 is 0. The van der Waals surface area contributed by atoms with Crippen LogP contribution in [0.3, 0.4) is 0 Å². The SMILES string of the molecule is Cc1ccc(CN2N=C(N)CC2=O)c(C)c1. The summed E-state index contributed by atoms with van der Waals surface area (Å²) < 4.78 is 0. The third kappa shape index (κ3) is 2.05. The molecule has 16 heavy (non-hydrogen) atoms. The van der Waals surface area contributed by atoms with E-state index >= 15 is 0 Å². The van der Waals surface area contributed by atoms with Gasteiger partial charge in [-0.25, -0.2) is 5.01 Å². The second-order valence-electron chi connectivity index (χ2n) is 4.15. The van der Waals surface area contributed by atoms with Crippen molar-refractivity contribution in [3.05, 3.63) is 34.9 Å². The van der Waals surface area contributed by atoms with E-state index in [1.54, 1.807) is 0 Å². The van der Waals surface area contributed by atoms with Crippen LogP contribution in [0.4, 0.5) is 0 Å². The highest BCUT2D eigenvalue weighted by atomic mass is 16.2. The van der Waals surface area contributed by atoms with Crippen LogP contribution in [0.5, 0.6) is 0 Å². The number of hydrogen-bond acceptors (Lipinski definition) is 3. The molecule has 0 radical (unpaired) electrons. The number of carbonyl (C=O) groups excluding carboxylic acids is 1. The lowest BCUT2D eigenvalue weighted by atomic mass is 10.1. The van der Waals surface area contributed by atoms with Gasteiger partial charge in [-0.2, -0.15) is 5.10 Å². The summed E-state index contributed by atoms with van der Waals surface area (Å²) in [6.07, 6.45) is 0.241. The molecule has 1 aliphatic heterocycles. The Kier molecular flexibility index (Phi) is 2.64. The highest BCUT2D eigenvalue weighted by molar-refractivity contribution is 6.02. The van der Waals surface area contributed by atoms with Crippen molar-refractivity contribution in [2.75, 3.05) is 0 Å². The quantitative estimate of drug-likeness (QED) is 0.812. The molecule has 0 atom stereocenters. The Morgan fingerprint density at radius 1 is 1.44 bits per heavy atom. The van der Waals surface area contributed by atoms with E-state index in [1.807, 2.05) is 26.0 Å². The fourth-order valence-corrected chi connectivity index (χ4v) is 1.80. The first-order valence-electron chi connectivity index (χ1n) is 5.25. The average Bonchev–Trinajstić information content (AvgIpc) is 2.50. The molecule has 0 aromatic heterocycles. The van der Waals surface area contributed by atoms with Crippen LogP contribution in [0, 0.1) is 13.8 Å². The van der Waals surface area contributed by atoms with Crippen molar-refractivity contribution >= 4 is 11.7 Å². The molecule has 1 amide bonds. The zero-order valence-electron chi connectivity index (χ0n) is 9.53. The average molecular weight is 217 g/mol. The summed E-state index contributed by atoms with van der Waals surface area (Å²) in [6.45, 7) is 4.59. The van der Waals surface area contributed by atoms with Gasteiger partial charge in [0.25, 0.3) is 5.91 Å². The normalized spacial score (nSPS) is 15.5. The van der Waals surface area contributed by atoms with E-state index in [0.717, 1.165) is 5.56 Å². The van der Waals surface area contributed by atoms with Crippen molar-refractivity contribution in [1.29, 1.82) is 0 Å². The number of hydrogen-bond donors (Lipinski definition) is 1. The highest BCUT2D eigenvalue weighted by Crippen LogP contribution is 2.16. The summed E-state index contributed by atoms with van der Waals surface area (Å²) in [6, 6.07) is 6.17. The minimum absolute atomic E-state index is 0.0301. The van der Waals surface area contributed by atoms with E-state index < -0.39 is 0 Å². The maximum Gasteiger partial charge on any atom is 0.250 e. The van der Waals surface area contributed by atoms with Crippen LogP contribution in [0.25, 0.3) is 0 Å². The molecule has 1 aliphatic rings. The Labute approximate surface area is 94.7 Å². The number of nitrogens with zero attached hydrogens (tertiary/aromatic N) is 2. The van der Waals surface area contributed by atoms with Gasteiger partial charge in [0.15, 0.2) is 0 Å². The van der Waals surface area contributed by atoms with Gasteiger partial charge in [-0.3, -0.25) is 4.79 Å². The van der Waals surface area contributed by atoms with Crippen molar-refractivity contribution < 1.29 is 4.79 Å². The number of rotatable bonds is 2. The molecule has 1 aromatic carbocycles. The zero-order chi connectivity index (χ0) is 11.7. The molecule has 2 rings (SSSR count). The second-order valence-corrected chi connectivity index (χ2v) is 4.15. The Bertz CT molecular complexity index is 465. The first-order valence-corrected chi connectivity index (χ1v) is 5.25. The van der Waals surface area contributed by atoms with Gasteiger partial charge in [0, 0.05) is 0 Å². The summed E-state index contributed by atoms with van der Waals surface area (Å²) in [7, 11) is 0. The van der Waals surface area contributed by atoms with Crippen LogP contribution in [0.15, 0.2) is 23.3 Å². The smallest absolute Gasteiger partial charge is 0.250 e. The first kappa shape index (κ1) is 10.7. The number of carbonyl (C=O) groups is 1. The van der Waals surface area contributed by atoms with Gasteiger partial charge in [-0.05, 0) is 25.0 Å². The maximum atomic E-state index is 11.5. The minimum Gasteiger partial charge on any atom is -0.385 e. The standard InChI is InChI=1S/C12H15N3O/c1-8-3-4-10(9(2)5-8)7-15-12(16)6-11(13)14-15/h3-5H,6-7H2,1-2H3,(H2,13,14). The number of benzene rings is 1. The Hall–Kier alpha value is -1.84. The van der Waals surface area contributed by atoms with E-state index in [2.05, 4.69) is 11.2 Å². The third-order valence-electron chi connectivity index (χ3n) is 2.69. The molecular formula is C12H15N3O. The van der Waals surface area contributed by atoms with E-state index in [-0.39, 0.29) is 12.3 Å². The molecule has 1 heterocycles. The van der Waals surface area contributed by atoms with E-state index in [1.165, 1.54) is 16.1 Å². The van der Waals surface area contributed by atoms with Crippen molar-refractivity contribution in [2.45, 2.75) is 26.8 Å². The van der Waals surface area contributed by atoms with E-state index in [0.29, 0.717) is 12.4 Å². The lowest BCUT2D eigenvalue weighted by Crippen LogP contribution is -2.20.